The quantitative estimate of drug-likeness (QED) is 0.713. The van der Waals surface area contributed by atoms with E-state index < -0.39 is 8.07 Å². The van der Waals surface area contributed by atoms with Crippen molar-refractivity contribution in [2.45, 2.75) is 52.2 Å². The molecule has 0 N–H and O–H groups in total. The number of hydrogen-bond acceptors (Lipinski definition) is 1. The van der Waals surface area contributed by atoms with Gasteiger partial charge in [-0.15, -0.1) is 0 Å². The third kappa shape index (κ3) is 3.83. The smallest absolute Gasteiger partial charge is 0.0817 e. The molecule has 0 saturated heterocycles. The summed E-state index contributed by atoms with van der Waals surface area (Å²) in [6.07, 6.45) is 0. The fraction of sp³-hybridized carbons (Fsp3) is 0.571. The molecular formula is C14H23ClOSi. The second-order valence-electron chi connectivity index (χ2n) is 6.13. The third-order valence-electron chi connectivity index (χ3n) is 3.64. The molecule has 0 radical (unpaired) electrons. The van der Waals surface area contributed by atoms with E-state index in [9.17, 15) is 0 Å². The van der Waals surface area contributed by atoms with Gasteiger partial charge in [-0.05, 0) is 38.0 Å². The average molecular weight is 271 g/mol. The Balaban J connectivity index is 2.71. The van der Waals surface area contributed by atoms with Crippen LogP contribution in [0.2, 0.25) is 24.7 Å². The highest BCUT2D eigenvalue weighted by Crippen LogP contribution is 2.26. The predicted octanol–water partition coefficient (Wildman–Crippen LogP) is 4.82. The van der Waals surface area contributed by atoms with Crippen LogP contribution in [0.25, 0.3) is 0 Å². The van der Waals surface area contributed by atoms with Crippen molar-refractivity contribution in [1.82, 2.24) is 0 Å². The summed E-state index contributed by atoms with van der Waals surface area (Å²) < 4.78 is 6.08. The fourth-order valence-electron chi connectivity index (χ4n) is 1.21. The third-order valence-corrected chi connectivity index (χ3v) is 7.81. The number of ether oxygens (including phenoxy) is 1. The second-order valence-corrected chi connectivity index (χ2v) is 12.2. The molecule has 0 bridgehead atoms. The monoisotopic (exact) mass is 270 g/mol. The number of halogens is 1. The van der Waals surface area contributed by atoms with Gasteiger partial charge in [0.2, 0.25) is 0 Å². The summed E-state index contributed by atoms with van der Waals surface area (Å²) in [6.45, 7) is 14.0. The number of benzene rings is 1. The summed E-state index contributed by atoms with van der Waals surface area (Å²) in [4.78, 5) is 0. The lowest BCUT2D eigenvalue weighted by molar-refractivity contribution is 0.0242. The normalized spacial score (nSPS) is 12.9. The molecule has 0 heterocycles. The van der Waals surface area contributed by atoms with E-state index in [1.807, 2.05) is 19.1 Å². The zero-order valence-electron chi connectivity index (χ0n) is 11.7. The molecule has 3 heteroatoms. The molecule has 0 unspecified atom stereocenters. The summed E-state index contributed by atoms with van der Waals surface area (Å²) in [5.41, 5.74) is 2.26. The Morgan fingerprint density at radius 2 is 1.82 bits per heavy atom. The van der Waals surface area contributed by atoms with Crippen molar-refractivity contribution in [3.63, 3.8) is 0 Å². The number of rotatable bonds is 4. The van der Waals surface area contributed by atoms with Gasteiger partial charge in [0, 0.05) is 5.02 Å². The van der Waals surface area contributed by atoms with Gasteiger partial charge < -0.3 is 4.74 Å². The number of aryl methyl sites for hydroxylation is 1. The van der Waals surface area contributed by atoms with Crippen molar-refractivity contribution >= 4 is 19.7 Å². The van der Waals surface area contributed by atoms with Gasteiger partial charge >= 0.3 is 0 Å². The molecule has 0 aliphatic rings. The van der Waals surface area contributed by atoms with Gasteiger partial charge in [0.05, 0.1) is 19.9 Å². The topological polar surface area (TPSA) is 9.23 Å². The molecule has 0 atom stereocenters. The Morgan fingerprint density at radius 3 is 2.29 bits per heavy atom. The van der Waals surface area contributed by atoms with Gasteiger partial charge in [-0.3, -0.25) is 0 Å². The Labute approximate surface area is 111 Å². The van der Waals surface area contributed by atoms with E-state index in [0.29, 0.717) is 6.61 Å². The maximum atomic E-state index is 6.11. The van der Waals surface area contributed by atoms with Gasteiger partial charge in [-0.1, -0.05) is 43.4 Å². The van der Waals surface area contributed by atoms with E-state index in [-0.39, 0.29) is 5.22 Å². The Kier molecular flexibility index (Phi) is 4.45. The Bertz CT molecular complexity index is 394. The molecule has 0 fully saturated rings. The lowest BCUT2D eigenvalue weighted by Crippen LogP contribution is -2.49. The van der Waals surface area contributed by atoms with Crippen LogP contribution in [-0.2, 0) is 11.3 Å². The first kappa shape index (κ1) is 14.7. The van der Waals surface area contributed by atoms with Crippen LogP contribution in [0.15, 0.2) is 18.2 Å². The summed E-state index contributed by atoms with van der Waals surface area (Å²) >= 11 is 6.11. The molecule has 0 amide bonds. The molecule has 0 aliphatic heterocycles. The van der Waals surface area contributed by atoms with E-state index in [1.165, 1.54) is 0 Å². The van der Waals surface area contributed by atoms with E-state index in [4.69, 9.17) is 16.3 Å². The Hall–Kier alpha value is -0.313. The first-order valence-corrected chi connectivity index (χ1v) is 9.90. The maximum absolute atomic E-state index is 6.11. The van der Waals surface area contributed by atoms with Crippen LogP contribution in [-0.4, -0.2) is 13.3 Å². The summed E-state index contributed by atoms with van der Waals surface area (Å²) in [5.74, 6) is 0. The fourth-order valence-corrected chi connectivity index (χ4v) is 1.91. The van der Waals surface area contributed by atoms with E-state index in [0.717, 1.165) is 16.1 Å². The van der Waals surface area contributed by atoms with E-state index in [1.54, 1.807) is 0 Å². The largest absolute Gasteiger partial charge is 0.374 e. The molecule has 17 heavy (non-hydrogen) atoms. The standard InChI is InChI=1S/C14H23ClOSi/c1-11-7-8-12(9-13(11)15)10-16-14(2,3)17(4,5)6/h7-9H,10H2,1-6H3. The highest BCUT2D eigenvalue weighted by atomic mass is 35.5. The van der Waals surface area contributed by atoms with E-state index in [2.05, 4.69) is 39.6 Å². The average Bonchev–Trinajstić information content (AvgIpc) is 2.18. The highest BCUT2D eigenvalue weighted by Gasteiger charge is 2.35. The minimum atomic E-state index is -1.32. The molecule has 1 aromatic rings. The van der Waals surface area contributed by atoms with Crippen LogP contribution in [0.3, 0.4) is 0 Å². The molecule has 1 nitrogen and oxygen atoms in total. The van der Waals surface area contributed by atoms with Crippen LogP contribution in [0, 0.1) is 6.92 Å². The highest BCUT2D eigenvalue weighted by molar-refractivity contribution is 6.78. The van der Waals surface area contributed by atoms with Crippen molar-refractivity contribution in [3.8, 4) is 0 Å². The molecule has 1 aromatic carbocycles. The van der Waals surface area contributed by atoms with Gasteiger partial charge in [0.25, 0.3) is 0 Å². The molecular weight excluding hydrogens is 248 g/mol. The lowest BCUT2D eigenvalue weighted by atomic mass is 10.1. The van der Waals surface area contributed by atoms with Crippen LogP contribution < -0.4 is 0 Å². The second kappa shape index (κ2) is 5.13. The zero-order chi connectivity index (χ0) is 13.3. The van der Waals surface area contributed by atoms with Crippen molar-refractivity contribution in [2.24, 2.45) is 0 Å². The molecule has 0 spiro atoms. The van der Waals surface area contributed by atoms with Gasteiger partial charge in [-0.2, -0.15) is 0 Å². The SMILES string of the molecule is Cc1ccc(COC(C)(C)[Si](C)(C)C)cc1Cl. The first-order chi connectivity index (χ1) is 7.63. The predicted molar refractivity (Wildman–Crippen MR) is 78.4 cm³/mol. The molecule has 96 valence electrons. The zero-order valence-corrected chi connectivity index (χ0v) is 13.5. The molecule has 0 saturated carbocycles. The minimum Gasteiger partial charge on any atom is -0.374 e. The molecule has 0 aromatic heterocycles. The van der Waals surface area contributed by atoms with Crippen LogP contribution >= 0.6 is 11.6 Å². The van der Waals surface area contributed by atoms with E-state index >= 15 is 0 Å². The lowest BCUT2D eigenvalue weighted by Gasteiger charge is -2.37. The van der Waals surface area contributed by atoms with Crippen LogP contribution in [0.4, 0.5) is 0 Å². The molecule has 0 aliphatic carbocycles. The Morgan fingerprint density at radius 1 is 1.24 bits per heavy atom. The summed E-state index contributed by atoms with van der Waals surface area (Å²) in [5, 5.41) is 0.793. The minimum absolute atomic E-state index is 0.0235. The summed E-state index contributed by atoms with van der Waals surface area (Å²) in [7, 11) is -1.32. The van der Waals surface area contributed by atoms with Crippen molar-refractivity contribution < 1.29 is 4.74 Å². The van der Waals surface area contributed by atoms with Gasteiger partial charge in [0.1, 0.15) is 0 Å². The van der Waals surface area contributed by atoms with Crippen LogP contribution in [0.1, 0.15) is 25.0 Å². The van der Waals surface area contributed by atoms with Crippen LogP contribution in [0.5, 0.6) is 0 Å². The number of hydrogen-bond donors (Lipinski definition) is 0. The van der Waals surface area contributed by atoms with Gasteiger partial charge in [-0.25, -0.2) is 0 Å². The maximum Gasteiger partial charge on any atom is 0.0817 e. The van der Waals surface area contributed by atoms with Crippen molar-refractivity contribution in [2.75, 3.05) is 0 Å². The summed E-state index contributed by atoms with van der Waals surface area (Å²) in [6, 6.07) is 6.13. The van der Waals surface area contributed by atoms with Gasteiger partial charge in [0.15, 0.2) is 0 Å². The van der Waals surface area contributed by atoms with Crippen molar-refractivity contribution in [3.05, 3.63) is 34.3 Å². The van der Waals surface area contributed by atoms with Crippen molar-refractivity contribution in [1.29, 1.82) is 0 Å². The first-order valence-electron chi connectivity index (χ1n) is 6.02. The molecule has 1 rings (SSSR count).